The third-order valence-corrected chi connectivity index (χ3v) is 2.60. The first kappa shape index (κ1) is 11.8. The molecule has 5 nitrogen and oxygen atoms in total. The average molecular weight is 213 g/mol. The van der Waals surface area contributed by atoms with Gasteiger partial charge in [-0.15, -0.1) is 0 Å². The van der Waals surface area contributed by atoms with E-state index in [0.717, 1.165) is 12.8 Å². The lowest BCUT2D eigenvalue weighted by atomic mass is 9.93. The van der Waals surface area contributed by atoms with Gasteiger partial charge in [-0.2, -0.15) is 0 Å². The number of amides is 3. The Morgan fingerprint density at radius 2 is 1.93 bits per heavy atom. The zero-order valence-corrected chi connectivity index (χ0v) is 9.54. The largest absolute Gasteiger partial charge is 0.347 e. The van der Waals surface area contributed by atoms with Gasteiger partial charge in [0.25, 0.3) is 0 Å². The monoisotopic (exact) mass is 213 g/mol. The molecule has 15 heavy (non-hydrogen) atoms. The number of rotatable bonds is 3. The van der Waals surface area contributed by atoms with Crippen molar-refractivity contribution in [2.75, 3.05) is 14.1 Å². The van der Waals surface area contributed by atoms with Crippen molar-refractivity contribution in [3.05, 3.63) is 0 Å². The molecular weight excluding hydrogens is 194 g/mol. The van der Waals surface area contributed by atoms with E-state index in [1.165, 1.54) is 11.3 Å². The molecule has 1 atom stereocenters. The van der Waals surface area contributed by atoms with Gasteiger partial charge < -0.3 is 15.5 Å². The molecule has 0 aromatic rings. The molecule has 0 radical (unpaired) electrons. The van der Waals surface area contributed by atoms with Crippen molar-refractivity contribution in [2.24, 2.45) is 0 Å². The van der Waals surface area contributed by atoms with Crippen LogP contribution in [0.1, 0.15) is 26.2 Å². The number of nitrogens with zero attached hydrogens (tertiary/aromatic N) is 1. The van der Waals surface area contributed by atoms with E-state index < -0.39 is 6.04 Å². The molecule has 2 N–H and O–H groups in total. The molecule has 86 valence electrons. The van der Waals surface area contributed by atoms with Crippen molar-refractivity contribution in [3.63, 3.8) is 0 Å². The van der Waals surface area contributed by atoms with Gasteiger partial charge in [-0.25, -0.2) is 4.79 Å². The van der Waals surface area contributed by atoms with E-state index in [1.807, 2.05) is 0 Å². The van der Waals surface area contributed by atoms with Gasteiger partial charge in [0.05, 0.1) is 0 Å². The van der Waals surface area contributed by atoms with Gasteiger partial charge in [0.1, 0.15) is 6.04 Å². The fraction of sp³-hybridized carbons (Fsp3) is 0.800. The summed E-state index contributed by atoms with van der Waals surface area (Å²) in [5.74, 6) is -0.0984. The SMILES string of the molecule is CC(NC(=O)NC1CCC1)C(=O)N(C)C. The Hall–Kier alpha value is -1.26. The van der Waals surface area contributed by atoms with Gasteiger partial charge in [0.2, 0.25) is 5.91 Å². The first-order valence-electron chi connectivity index (χ1n) is 5.29. The zero-order chi connectivity index (χ0) is 11.4. The maximum absolute atomic E-state index is 11.4. The molecule has 0 saturated heterocycles. The molecule has 0 aliphatic heterocycles. The fourth-order valence-corrected chi connectivity index (χ4v) is 1.43. The molecule has 0 bridgehead atoms. The second-order valence-corrected chi connectivity index (χ2v) is 4.20. The molecule has 1 unspecified atom stereocenters. The van der Waals surface area contributed by atoms with Gasteiger partial charge in [-0.05, 0) is 26.2 Å². The van der Waals surface area contributed by atoms with Crippen LogP contribution in [0.5, 0.6) is 0 Å². The van der Waals surface area contributed by atoms with E-state index in [2.05, 4.69) is 10.6 Å². The van der Waals surface area contributed by atoms with Crippen molar-refractivity contribution in [3.8, 4) is 0 Å². The van der Waals surface area contributed by atoms with Gasteiger partial charge >= 0.3 is 6.03 Å². The third-order valence-electron chi connectivity index (χ3n) is 2.60. The lowest BCUT2D eigenvalue weighted by Crippen LogP contribution is -2.51. The summed E-state index contributed by atoms with van der Waals surface area (Å²) >= 11 is 0. The maximum atomic E-state index is 11.4. The highest BCUT2D eigenvalue weighted by molar-refractivity contribution is 5.86. The molecule has 1 aliphatic carbocycles. The van der Waals surface area contributed by atoms with Crippen LogP contribution in [0.2, 0.25) is 0 Å². The summed E-state index contributed by atoms with van der Waals surface area (Å²) in [6.07, 6.45) is 3.27. The van der Waals surface area contributed by atoms with Crippen LogP contribution in [0, 0.1) is 0 Å². The first-order valence-corrected chi connectivity index (χ1v) is 5.29. The van der Waals surface area contributed by atoms with Gasteiger partial charge in [-0.1, -0.05) is 0 Å². The Morgan fingerprint density at radius 3 is 2.33 bits per heavy atom. The highest BCUT2D eigenvalue weighted by Gasteiger charge is 2.22. The Kier molecular flexibility index (Phi) is 3.94. The normalized spacial score (nSPS) is 17.5. The van der Waals surface area contributed by atoms with Crippen molar-refractivity contribution >= 4 is 11.9 Å². The van der Waals surface area contributed by atoms with Gasteiger partial charge in [0, 0.05) is 20.1 Å². The molecule has 0 spiro atoms. The Morgan fingerprint density at radius 1 is 1.33 bits per heavy atom. The minimum Gasteiger partial charge on any atom is -0.347 e. The molecule has 1 rings (SSSR count). The summed E-state index contributed by atoms with van der Waals surface area (Å²) < 4.78 is 0. The van der Waals surface area contributed by atoms with Crippen molar-refractivity contribution in [1.29, 1.82) is 0 Å². The topological polar surface area (TPSA) is 61.4 Å². The van der Waals surface area contributed by atoms with Crippen LogP contribution in [0.4, 0.5) is 4.79 Å². The minimum absolute atomic E-state index is 0.0984. The van der Waals surface area contributed by atoms with E-state index in [4.69, 9.17) is 0 Å². The molecule has 5 heteroatoms. The van der Waals surface area contributed by atoms with E-state index in [0.29, 0.717) is 6.04 Å². The number of carbonyl (C=O) groups is 2. The molecule has 3 amide bonds. The minimum atomic E-state index is -0.472. The van der Waals surface area contributed by atoms with Gasteiger partial charge in [0.15, 0.2) is 0 Å². The summed E-state index contributed by atoms with van der Waals surface area (Å²) in [7, 11) is 3.34. The predicted molar refractivity (Wildman–Crippen MR) is 57.5 cm³/mol. The van der Waals surface area contributed by atoms with Crippen molar-refractivity contribution < 1.29 is 9.59 Å². The van der Waals surface area contributed by atoms with Crippen molar-refractivity contribution in [2.45, 2.75) is 38.3 Å². The summed E-state index contributed by atoms with van der Waals surface area (Å²) in [5.41, 5.74) is 0. The summed E-state index contributed by atoms with van der Waals surface area (Å²) in [4.78, 5) is 24.3. The fourth-order valence-electron chi connectivity index (χ4n) is 1.43. The zero-order valence-electron chi connectivity index (χ0n) is 9.54. The quantitative estimate of drug-likeness (QED) is 0.709. The Bertz CT molecular complexity index is 249. The van der Waals surface area contributed by atoms with Crippen LogP contribution in [-0.2, 0) is 4.79 Å². The predicted octanol–water partition coefficient (Wildman–Crippen LogP) is 0.315. The second kappa shape index (κ2) is 5.00. The molecule has 0 aromatic heterocycles. The number of likely N-dealkylation sites (N-methyl/N-ethyl adjacent to an activating group) is 1. The average Bonchev–Trinajstić information content (AvgIpc) is 2.09. The standard InChI is InChI=1S/C10H19N3O2/c1-7(9(14)13(2)3)11-10(15)12-8-5-4-6-8/h7-8H,4-6H2,1-3H3,(H2,11,12,15). The van der Waals surface area contributed by atoms with Crippen LogP contribution in [0.25, 0.3) is 0 Å². The highest BCUT2D eigenvalue weighted by Crippen LogP contribution is 2.17. The summed E-state index contributed by atoms with van der Waals surface area (Å²) in [5, 5.41) is 5.44. The van der Waals surface area contributed by atoms with E-state index in [1.54, 1.807) is 21.0 Å². The molecule has 0 heterocycles. The summed E-state index contributed by atoms with van der Waals surface area (Å²) in [6, 6.07) is -0.422. The Labute approximate surface area is 90.2 Å². The van der Waals surface area contributed by atoms with E-state index >= 15 is 0 Å². The number of carbonyl (C=O) groups excluding carboxylic acids is 2. The number of urea groups is 1. The van der Waals surface area contributed by atoms with E-state index in [9.17, 15) is 9.59 Å². The molecule has 1 saturated carbocycles. The van der Waals surface area contributed by atoms with Crippen molar-refractivity contribution in [1.82, 2.24) is 15.5 Å². The lowest BCUT2D eigenvalue weighted by Gasteiger charge is -2.27. The van der Waals surface area contributed by atoms with Crippen LogP contribution in [0.3, 0.4) is 0 Å². The molecule has 1 fully saturated rings. The lowest BCUT2D eigenvalue weighted by molar-refractivity contribution is -0.130. The van der Waals surface area contributed by atoms with Crippen LogP contribution < -0.4 is 10.6 Å². The highest BCUT2D eigenvalue weighted by atomic mass is 16.2. The van der Waals surface area contributed by atoms with Crippen LogP contribution in [0.15, 0.2) is 0 Å². The Balaban J connectivity index is 2.26. The summed E-state index contributed by atoms with van der Waals surface area (Å²) in [6.45, 7) is 1.68. The van der Waals surface area contributed by atoms with Crippen LogP contribution >= 0.6 is 0 Å². The smallest absolute Gasteiger partial charge is 0.315 e. The number of hydrogen-bond acceptors (Lipinski definition) is 2. The van der Waals surface area contributed by atoms with Gasteiger partial charge in [-0.3, -0.25) is 4.79 Å². The van der Waals surface area contributed by atoms with Crippen LogP contribution in [-0.4, -0.2) is 43.0 Å². The maximum Gasteiger partial charge on any atom is 0.315 e. The first-order chi connectivity index (χ1) is 7.00. The third kappa shape index (κ3) is 3.42. The second-order valence-electron chi connectivity index (χ2n) is 4.20. The number of nitrogens with one attached hydrogen (secondary N) is 2. The molecule has 0 aromatic carbocycles. The number of hydrogen-bond donors (Lipinski definition) is 2. The van der Waals surface area contributed by atoms with E-state index in [-0.39, 0.29) is 11.9 Å². The molecule has 1 aliphatic rings. The molecular formula is C10H19N3O2.